The van der Waals surface area contributed by atoms with Crippen LogP contribution in [-0.2, 0) is 18.6 Å². The van der Waals surface area contributed by atoms with Gasteiger partial charge in [0.2, 0.25) is 0 Å². The number of rotatable bonds is 10. The normalized spacial score (nSPS) is 13.7. The van der Waals surface area contributed by atoms with Crippen LogP contribution in [0, 0.1) is 5.41 Å². The second kappa shape index (κ2) is 9.85. The molecule has 0 aliphatic heterocycles. The molecule has 3 N–H and O–H groups in total. The Morgan fingerprint density at radius 3 is 2.54 bits per heavy atom. The number of hydrogen-bond donors (Lipinski definition) is 2. The third-order valence-corrected chi connectivity index (χ3v) is 5.38. The van der Waals surface area contributed by atoms with Crippen LogP contribution in [0.25, 0.3) is 0 Å². The molecule has 1 aromatic carbocycles. The topological polar surface area (TPSA) is 81.7 Å². The summed E-state index contributed by atoms with van der Waals surface area (Å²) in [6.07, 6.45) is 4.10. The van der Waals surface area contributed by atoms with E-state index < -0.39 is 0 Å². The second-order valence-corrected chi connectivity index (χ2v) is 10.2. The molecule has 0 aliphatic carbocycles. The van der Waals surface area contributed by atoms with Gasteiger partial charge in [-0.2, -0.15) is 11.8 Å². The van der Waals surface area contributed by atoms with Crippen molar-refractivity contribution in [2.24, 2.45) is 11.1 Å². The zero-order chi connectivity index (χ0) is 20.8. The van der Waals surface area contributed by atoms with Crippen molar-refractivity contribution in [2.75, 3.05) is 12.0 Å². The van der Waals surface area contributed by atoms with Gasteiger partial charge in [0.15, 0.2) is 5.82 Å². The van der Waals surface area contributed by atoms with E-state index in [2.05, 4.69) is 86.0 Å². The summed E-state index contributed by atoms with van der Waals surface area (Å²) in [5.74, 6) is 1.96. The highest BCUT2D eigenvalue weighted by Gasteiger charge is 2.32. The van der Waals surface area contributed by atoms with Gasteiger partial charge >= 0.3 is 0 Å². The summed E-state index contributed by atoms with van der Waals surface area (Å²) in [7, 11) is 0. The van der Waals surface area contributed by atoms with E-state index in [0.717, 1.165) is 36.5 Å². The van der Waals surface area contributed by atoms with E-state index in [1.54, 1.807) is 0 Å². The van der Waals surface area contributed by atoms with Gasteiger partial charge in [-0.15, -0.1) is 5.10 Å². The number of hydrogen-bond acceptors (Lipinski definition) is 6. The zero-order valence-electron chi connectivity index (χ0n) is 18.2. The van der Waals surface area contributed by atoms with Crippen molar-refractivity contribution in [3.8, 4) is 0 Å². The molecule has 0 fully saturated rings. The molecule has 0 radical (unpaired) electrons. The first-order valence-electron chi connectivity index (χ1n) is 9.95. The average molecular weight is 405 g/mol. The van der Waals surface area contributed by atoms with E-state index >= 15 is 0 Å². The number of nitrogens with zero attached hydrogens (tertiary/aromatic N) is 4. The Morgan fingerprint density at radius 2 is 1.89 bits per heavy atom. The first-order valence-corrected chi connectivity index (χ1v) is 11.3. The van der Waals surface area contributed by atoms with Crippen LogP contribution in [-0.4, -0.2) is 32.2 Å². The minimum Gasteiger partial charge on any atom is -0.326 e. The van der Waals surface area contributed by atoms with Gasteiger partial charge in [0, 0.05) is 13.1 Å². The number of aromatic nitrogens is 4. The summed E-state index contributed by atoms with van der Waals surface area (Å²) in [6.45, 7) is 12.5. The minimum absolute atomic E-state index is 0.100. The maximum atomic E-state index is 5.78. The molecule has 0 bridgehead atoms. The van der Waals surface area contributed by atoms with E-state index in [0.29, 0.717) is 6.54 Å². The van der Waals surface area contributed by atoms with Gasteiger partial charge in [0.1, 0.15) is 0 Å². The molecule has 1 atom stereocenters. The van der Waals surface area contributed by atoms with Crippen LogP contribution in [0.5, 0.6) is 0 Å². The van der Waals surface area contributed by atoms with E-state index in [1.807, 2.05) is 16.4 Å². The Hall–Kier alpha value is -1.44. The predicted molar refractivity (Wildman–Crippen MR) is 118 cm³/mol. The standard InChI is InChI=1S/C21H36N6S/c1-20(2,3)15-21(4,5)27-19(24-25-26-27)18(10-11-28-6)23-14-17-9-7-8-16(12-17)13-22/h7-9,12,18,23H,10-11,13-15,22H2,1-6H3. The average Bonchev–Trinajstić information content (AvgIpc) is 3.10. The van der Waals surface area contributed by atoms with Crippen LogP contribution in [0.2, 0.25) is 0 Å². The Kier molecular flexibility index (Phi) is 8.04. The third kappa shape index (κ3) is 6.57. The summed E-state index contributed by atoms with van der Waals surface area (Å²) in [6, 6.07) is 8.51. The molecule has 7 heteroatoms. The quantitative estimate of drug-likeness (QED) is 0.625. The SMILES string of the molecule is CSCCC(NCc1cccc(CN)c1)c1nnnn1C(C)(C)CC(C)(C)C. The summed E-state index contributed by atoms with van der Waals surface area (Å²) >= 11 is 1.84. The molecule has 1 heterocycles. The van der Waals surface area contributed by atoms with Crippen molar-refractivity contribution in [3.63, 3.8) is 0 Å². The molecule has 0 aliphatic rings. The fourth-order valence-corrected chi connectivity index (χ4v) is 4.35. The Morgan fingerprint density at radius 1 is 1.18 bits per heavy atom. The molecule has 28 heavy (non-hydrogen) atoms. The first kappa shape index (κ1) is 22.8. The molecule has 2 aromatic rings. The van der Waals surface area contributed by atoms with Crippen LogP contribution in [0.3, 0.4) is 0 Å². The molecule has 0 saturated carbocycles. The first-order chi connectivity index (χ1) is 13.2. The van der Waals surface area contributed by atoms with Crippen LogP contribution in [0.4, 0.5) is 0 Å². The van der Waals surface area contributed by atoms with Gasteiger partial charge in [-0.05, 0) is 65.7 Å². The largest absolute Gasteiger partial charge is 0.326 e. The summed E-state index contributed by atoms with van der Waals surface area (Å²) in [5, 5.41) is 16.5. The van der Waals surface area contributed by atoms with Crippen LogP contribution in [0.15, 0.2) is 24.3 Å². The Balaban J connectivity index is 2.22. The summed E-state index contributed by atoms with van der Waals surface area (Å²) < 4.78 is 2.02. The lowest BCUT2D eigenvalue weighted by molar-refractivity contribution is 0.186. The van der Waals surface area contributed by atoms with Crippen molar-refractivity contribution in [1.29, 1.82) is 0 Å². The summed E-state index contributed by atoms with van der Waals surface area (Å²) in [4.78, 5) is 0. The molecule has 1 aromatic heterocycles. The van der Waals surface area contributed by atoms with Gasteiger partial charge in [-0.25, -0.2) is 4.68 Å². The number of thioether (sulfide) groups is 1. The molecule has 1 unspecified atom stereocenters. The maximum absolute atomic E-state index is 5.78. The van der Waals surface area contributed by atoms with Gasteiger partial charge in [-0.1, -0.05) is 45.0 Å². The molecule has 0 amide bonds. The van der Waals surface area contributed by atoms with Gasteiger partial charge in [-0.3, -0.25) is 0 Å². The van der Waals surface area contributed by atoms with Gasteiger partial charge in [0.25, 0.3) is 0 Å². The van der Waals surface area contributed by atoms with Gasteiger partial charge < -0.3 is 11.1 Å². The van der Waals surface area contributed by atoms with Crippen molar-refractivity contribution in [3.05, 3.63) is 41.2 Å². The highest BCUT2D eigenvalue weighted by atomic mass is 32.2. The van der Waals surface area contributed by atoms with E-state index in [-0.39, 0.29) is 17.0 Å². The van der Waals surface area contributed by atoms with Crippen LogP contribution < -0.4 is 11.1 Å². The van der Waals surface area contributed by atoms with Crippen molar-refractivity contribution in [1.82, 2.24) is 25.5 Å². The molecule has 156 valence electrons. The number of nitrogens with two attached hydrogens (primary N) is 1. The summed E-state index contributed by atoms with van der Waals surface area (Å²) in [5.41, 5.74) is 8.19. The smallest absolute Gasteiger partial charge is 0.168 e. The zero-order valence-corrected chi connectivity index (χ0v) is 19.0. The highest BCUT2D eigenvalue weighted by Crippen LogP contribution is 2.33. The van der Waals surface area contributed by atoms with Crippen LogP contribution >= 0.6 is 11.8 Å². The molecular weight excluding hydrogens is 368 g/mol. The maximum Gasteiger partial charge on any atom is 0.168 e. The van der Waals surface area contributed by atoms with Crippen molar-refractivity contribution < 1.29 is 0 Å². The van der Waals surface area contributed by atoms with E-state index in [1.165, 1.54) is 5.56 Å². The Bertz CT molecular complexity index is 734. The fraction of sp³-hybridized carbons (Fsp3) is 0.667. The molecular formula is C21H36N6S. The Labute approximate surface area is 174 Å². The minimum atomic E-state index is -0.157. The lowest BCUT2D eigenvalue weighted by Gasteiger charge is -2.34. The van der Waals surface area contributed by atoms with Crippen molar-refractivity contribution >= 4 is 11.8 Å². The number of tetrazole rings is 1. The highest BCUT2D eigenvalue weighted by molar-refractivity contribution is 7.98. The number of nitrogens with one attached hydrogen (secondary N) is 1. The van der Waals surface area contributed by atoms with Crippen molar-refractivity contribution in [2.45, 2.75) is 72.1 Å². The third-order valence-electron chi connectivity index (χ3n) is 4.73. The number of benzene rings is 1. The second-order valence-electron chi connectivity index (χ2n) is 9.24. The monoisotopic (exact) mass is 404 g/mol. The van der Waals surface area contributed by atoms with Crippen LogP contribution in [0.1, 0.15) is 70.5 Å². The predicted octanol–water partition coefficient (Wildman–Crippen LogP) is 3.89. The molecule has 0 saturated heterocycles. The lowest BCUT2D eigenvalue weighted by atomic mass is 9.82. The fourth-order valence-electron chi connectivity index (χ4n) is 3.88. The molecule has 2 rings (SSSR count). The lowest BCUT2D eigenvalue weighted by Crippen LogP contribution is -2.36. The van der Waals surface area contributed by atoms with E-state index in [9.17, 15) is 0 Å². The van der Waals surface area contributed by atoms with E-state index in [4.69, 9.17) is 5.73 Å². The van der Waals surface area contributed by atoms with Gasteiger partial charge in [0.05, 0.1) is 11.6 Å². The molecule has 0 spiro atoms. The molecule has 6 nitrogen and oxygen atoms in total.